The third-order valence-electron chi connectivity index (χ3n) is 4.40. The van der Waals surface area contributed by atoms with Crippen molar-refractivity contribution in [2.75, 3.05) is 20.7 Å². The number of thiophene rings is 1. The molecule has 0 spiro atoms. The van der Waals surface area contributed by atoms with Gasteiger partial charge in [-0.3, -0.25) is 4.79 Å². The summed E-state index contributed by atoms with van der Waals surface area (Å²) in [4.78, 5) is 15.3. The Balaban J connectivity index is 0.00000280. The molecule has 3 aromatic rings. The van der Waals surface area contributed by atoms with Crippen LogP contribution in [0, 0.1) is 0 Å². The number of carbonyl (C=O) groups is 1. The van der Waals surface area contributed by atoms with Gasteiger partial charge in [0.25, 0.3) is 0 Å². The standard InChI is InChI=1S/C20H24N4O2S.ClH/c1-23(19(25)11-17(12-21)26-2)13-15-14-24(16-7-4-3-5-8-16)22-20(15)18-9-6-10-27-18;/h3-10,14,17H,11-13,21H2,1-2H3;1H. The van der Waals surface area contributed by atoms with E-state index in [1.807, 2.05) is 58.7 Å². The van der Waals surface area contributed by atoms with E-state index < -0.39 is 0 Å². The molecule has 0 bridgehead atoms. The molecule has 0 saturated carbocycles. The predicted molar refractivity (Wildman–Crippen MR) is 115 cm³/mol. The average Bonchev–Trinajstić information content (AvgIpc) is 3.36. The highest BCUT2D eigenvalue weighted by Crippen LogP contribution is 2.28. The first-order chi connectivity index (χ1) is 13.1. The van der Waals surface area contributed by atoms with Crippen molar-refractivity contribution >= 4 is 29.7 Å². The summed E-state index contributed by atoms with van der Waals surface area (Å²) in [7, 11) is 3.37. The average molecular weight is 421 g/mol. The van der Waals surface area contributed by atoms with Crippen LogP contribution in [-0.2, 0) is 16.1 Å². The molecular weight excluding hydrogens is 396 g/mol. The zero-order valence-electron chi connectivity index (χ0n) is 15.9. The molecule has 1 atom stereocenters. The van der Waals surface area contributed by atoms with Crippen molar-refractivity contribution in [3.63, 3.8) is 0 Å². The fourth-order valence-corrected chi connectivity index (χ4v) is 3.56. The maximum atomic E-state index is 12.5. The third-order valence-corrected chi connectivity index (χ3v) is 5.27. The van der Waals surface area contributed by atoms with Gasteiger partial charge in [-0.25, -0.2) is 4.68 Å². The van der Waals surface area contributed by atoms with Crippen LogP contribution in [0.2, 0.25) is 0 Å². The van der Waals surface area contributed by atoms with Gasteiger partial charge < -0.3 is 15.4 Å². The molecule has 2 aromatic heterocycles. The number of aromatic nitrogens is 2. The quantitative estimate of drug-likeness (QED) is 0.606. The molecule has 1 unspecified atom stereocenters. The summed E-state index contributed by atoms with van der Waals surface area (Å²) in [6, 6.07) is 14.0. The van der Waals surface area contributed by atoms with E-state index in [2.05, 4.69) is 0 Å². The lowest BCUT2D eigenvalue weighted by molar-refractivity contribution is -0.132. The molecule has 28 heavy (non-hydrogen) atoms. The molecule has 3 rings (SSSR count). The number of amides is 1. The zero-order valence-corrected chi connectivity index (χ0v) is 17.6. The first kappa shape index (κ1) is 22.1. The van der Waals surface area contributed by atoms with Crippen molar-refractivity contribution in [1.29, 1.82) is 0 Å². The van der Waals surface area contributed by atoms with Crippen LogP contribution in [-0.4, -0.2) is 47.4 Å². The van der Waals surface area contributed by atoms with E-state index in [-0.39, 0.29) is 30.8 Å². The Bertz CT molecular complexity index is 864. The summed E-state index contributed by atoms with van der Waals surface area (Å²) < 4.78 is 7.09. The molecule has 0 radical (unpaired) electrons. The van der Waals surface area contributed by atoms with Crippen LogP contribution in [0.4, 0.5) is 0 Å². The van der Waals surface area contributed by atoms with Gasteiger partial charge in [0.2, 0.25) is 5.91 Å². The molecule has 1 amide bonds. The second-order valence-electron chi connectivity index (χ2n) is 6.31. The number of halogens is 1. The lowest BCUT2D eigenvalue weighted by atomic mass is 10.2. The summed E-state index contributed by atoms with van der Waals surface area (Å²) in [5, 5.41) is 6.80. The summed E-state index contributed by atoms with van der Waals surface area (Å²) in [6.45, 7) is 0.794. The number of methoxy groups -OCH3 is 1. The number of hydrogen-bond acceptors (Lipinski definition) is 5. The number of para-hydroxylation sites is 1. The van der Waals surface area contributed by atoms with Gasteiger partial charge in [-0.15, -0.1) is 23.7 Å². The van der Waals surface area contributed by atoms with Gasteiger partial charge in [0.15, 0.2) is 0 Å². The van der Waals surface area contributed by atoms with Gasteiger partial charge in [-0.1, -0.05) is 24.3 Å². The normalized spacial score (nSPS) is 11.7. The number of rotatable bonds is 8. The first-order valence-electron chi connectivity index (χ1n) is 8.77. The molecule has 150 valence electrons. The lowest BCUT2D eigenvalue weighted by Crippen LogP contribution is -2.33. The van der Waals surface area contributed by atoms with Crippen LogP contribution in [0.25, 0.3) is 16.3 Å². The molecule has 2 heterocycles. The summed E-state index contributed by atoms with van der Waals surface area (Å²) in [5.74, 6) is -0.00288. The minimum atomic E-state index is -0.260. The van der Waals surface area contributed by atoms with E-state index >= 15 is 0 Å². The summed E-state index contributed by atoms with van der Waals surface area (Å²) in [6.07, 6.45) is 2.00. The summed E-state index contributed by atoms with van der Waals surface area (Å²) >= 11 is 1.64. The Hall–Kier alpha value is -2.19. The number of nitrogens with two attached hydrogens (primary N) is 1. The van der Waals surface area contributed by atoms with Crippen molar-refractivity contribution < 1.29 is 9.53 Å². The van der Waals surface area contributed by atoms with E-state index in [0.717, 1.165) is 21.8 Å². The Morgan fingerprint density at radius 2 is 2.04 bits per heavy atom. The maximum Gasteiger partial charge on any atom is 0.225 e. The Labute approximate surface area is 175 Å². The molecule has 0 aliphatic rings. The van der Waals surface area contributed by atoms with Crippen LogP contribution < -0.4 is 5.73 Å². The molecule has 0 saturated heterocycles. The van der Waals surface area contributed by atoms with Crippen LogP contribution in [0.5, 0.6) is 0 Å². The van der Waals surface area contributed by atoms with Crippen molar-refractivity contribution in [2.45, 2.75) is 19.1 Å². The van der Waals surface area contributed by atoms with Crippen LogP contribution in [0.3, 0.4) is 0 Å². The highest BCUT2D eigenvalue weighted by Gasteiger charge is 2.19. The number of carbonyl (C=O) groups excluding carboxylic acids is 1. The fraction of sp³-hybridized carbons (Fsp3) is 0.300. The Morgan fingerprint density at radius 1 is 1.29 bits per heavy atom. The number of hydrogen-bond donors (Lipinski definition) is 1. The van der Waals surface area contributed by atoms with E-state index in [4.69, 9.17) is 15.6 Å². The smallest absolute Gasteiger partial charge is 0.225 e. The second-order valence-corrected chi connectivity index (χ2v) is 7.26. The number of benzene rings is 1. The van der Waals surface area contributed by atoms with Gasteiger partial charge in [0.05, 0.1) is 23.1 Å². The van der Waals surface area contributed by atoms with E-state index in [0.29, 0.717) is 13.1 Å². The zero-order chi connectivity index (χ0) is 19.2. The molecular formula is C20H25ClN4O2S. The number of nitrogens with zero attached hydrogens (tertiary/aromatic N) is 3. The van der Waals surface area contributed by atoms with Crippen LogP contribution in [0.15, 0.2) is 54.0 Å². The van der Waals surface area contributed by atoms with Gasteiger partial charge in [0.1, 0.15) is 5.69 Å². The van der Waals surface area contributed by atoms with Gasteiger partial charge >= 0.3 is 0 Å². The minimum Gasteiger partial charge on any atom is -0.380 e. The van der Waals surface area contributed by atoms with Crippen molar-refractivity contribution in [3.05, 3.63) is 59.6 Å². The second kappa shape index (κ2) is 10.4. The highest BCUT2D eigenvalue weighted by atomic mass is 35.5. The SMILES string of the molecule is COC(CN)CC(=O)N(C)Cc1cn(-c2ccccc2)nc1-c1cccs1.Cl. The summed E-state index contributed by atoms with van der Waals surface area (Å²) in [5.41, 5.74) is 8.51. The van der Waals surface area contributed by atoms with Crippen LogP contribution >= 0.6 is 23.7 Å². The maximum absolute atomic E-state index is 12.5. The topological polar surface area (TPSA) is 73.4 Å². The Kier molecular flexibility index (Phi) is 8.19. The number of ether oxygens (including phenoxy) is 1. The van der Waals surface area contributed by atoms with E-state index in [1.165, 1.54) is 0 Å². The molecule has 1 aromatic carbocycles. The Morgan fingerprint density at radius 3 is 2.64 bits per heavy atom. The molecule has 2 N–H and O–H groups in total. The van der Waals surface area contributed by atoms with Gasteiger partial charge in [0, 0.05) is 39.0 Å². The molecule has 0 fully saturated rings. The largest absolute Gasteiger partial charge is 0.380 e. The fourth-order valence-electron chi connectivity index (χ4n) is 2.82. The van der Waals surface area contributed by atoms with E-state index in [9.17, 15) is 4.79 Å². The monoisotopic (exact) mass is 420 g/mol. The van der Waals surface area contributed by atoms with Gasteiger partial charge in [-0.05, 0) is 23.6 Å². The van der Waals surface area contributed by atoms with E-state index in [1.54, 1.807) is 30.4 Å². The minimum absolute atomic E-state index is 0. The molecule has 0 aliphatic carbocycles. The predicted octanol–water partition coefficient (Wildman–Crippen LogP) is 3.34. The van der Waals surface area contributed by atoms with Gasteiger partial charge in [-0.2, -0.15) is 5.10 Å². The van der Waals surface area contributed by atoms with Crippen molar-refractivity contribution in [3.8, 4) is 16.3 Å². The third kappa shape index (κ3) is 5.20. The van der Waals surface area contributed by atoms with Crippen molar-refractivity contribution in [2.24, 2.45) is 5.73 Å². The molecule has 0 aliphatic heterocycles. The van der Waals surface area contributed by atoms with Crippen molar-refractivity contribution in [1.82, 2.24) is 14.7 Å². The van der Waals surface area contributed by atoms with Crippen LogP contribution in [0.1, 0.15) is 12.0 Å². The molecule has 8 heteroatoms. The molecule has 6 nitrogen and oxygen atoms in total. The first-order valence-corrected chi connectivity index (χ1v) is 9.65. The highest BCUT2D eigenvalue weighted by molar-refractivity contribution is 7.13. The lowest BCUT2D eigenvalue weighted by Gasteiger charge is -2.20.